The Kier molecular flexibility index (Phi) is 6.17. The van der Waals surface area contributed by atoms with Gasteiger partial charge in [-0.3, -0.25) is 14.4 Å². The molecular formula is C30H24N2O6S. The fourth-order valence-electron chi connectivity index (χ4n) is 5.03. The van der Waals surface area contributed by atoms with E-state index in [0.717, 1.165) is 10.5 Å². The molecule has 9 heteroatoms. The van der Waals surface area contributed by atoms with Crippen LogP contribution in [0.5, 0.6) is 5.75 Å². The van der Waals surface area contributed by atoms with Crippen LogP contribution in [-0.2, 0) is 24.5 Å². The zero-order valence-electron chi connectivity index (χ0n) is 20.9. The third-order valence-electron chi connectivity index (χ3n) is 6.89. The molecule has 0 aliphatic carbocycles. The van der Waals surface area contributed by atoms with E-state index in [4.69, 9.17) is 9.02 Å². The van der Waals surface area contributed by atoms with Crippen molar-refractivity contribution in [2.24, 2.45) is 5.92 Å². The number of hydrogen-bond donors (Lipinski definition) is 0. The number of amides is 2. The van der Waals surface area contributed by atoms with Gasteiger partial charge in [-0.2, -0.15) is 8.42 Å². The first kappa shape index (κ1) is 24.8. The van der Waals surface area contributed by atoms with Gasteiger partial charge in [-0.1, -0.05) is 72.3 Å². The van der Waals surface area contributed by atoms with E-state index in [1.807, 2.05) is 37.3 Å². The zero-order valence-corrected chi connectivity index (χ0v) is 21.7. The summed E-state index contributed by atoms with van der Waals surface area (Å²) in [5.41, 5.74) is 2.46. The van der Waals surface area contributed by atoms with Crippen molar-refractivity contribution in [2.45, 2.75) is 24.0 Å². The molecule has 2 aliphatic heterocycles. The highest BCUT2D eigenvalue weighted by Crippen LogP contribution is 2.49. The lowest BCUT2D eigenvalue weighted by atomic mass is 9.90. The number of imide groups is 1. The topological polar surface area (TPSA) is 93.2 Å². The molecule has 2 aliphatic rings. The first-order valence-corrected chi connectivity index (χ1v) is 13.8. The molecule has 3 atom stereocenters. The van der Waals surface area contributed by atoms with E-state index in [-0.39, 0.29) is 10.6 Å². The van der Waals surface area contributed by atoms with Crippen LogP contribution in [0.15, 0.2) is 114 Å². The number of nitrogens with zero attached hydrogens (tertiary/aromatic N) is 2. The average Bonchev–Trinajstić information content (AvgIpc) is 3.46. The van der Waals surface area contributed by atoms with E-state index < -0.39 is 40.0 Å². The van der Waals surface area contributed by atoms with Gasteiger partial charge in [0.1, 0.15) is 16.6 Å². The summed E-state index contributed by atoms with van der Waals surface area (Å²) in [6.07, 6.45) is -1.09. The van der Waals surface area contributed by atoms with Crippen molar-refractivity contribution in [3.05, 3.63) is 120 Å². The third kappa shape index (κ3) is 4.35. The second-order valence-electron chi connectivity index (χ2n) is 9.39. The molecule has 0 N–H and O–H groups in total. The van der Waals surface area contributed by atoms with Crippen LogP contribution in [0.1, 0.15) is 17.2 Å². The lowest BCUT2D eigenvalue weighted by molar-refractivity contribution is -0.126. The van der Waals surface area contributed by atoms with Crippen molar-refractivity contribution in [3.63, 3.8) is 0 Å². The van der Waals surface area contributed by atoms with Gasteiger partial charge in [-0.05, 0) is 49.4 Å². The first-order chi connectivity index (χ1) is 18.8. The van der Waals surface area contributed by atoms with E-state index in [0.29, 0.717) is 16.9 Å². The second kappa shape index (κ2) is 9.68. The van der Waals surface area contributed by atoms with Gasteiger partial charge in [-0.25, -0.2) is 9.96 Å². The number of aryl methyl sites for hydroxylation is 1. The van der Waals surface area contributed by atoms with E-state index in [1.54, 1.807) is 60.7 Å². The Morgan fingerprint density at radius 3 is 2.03 bits per heavy atom. The minimum absolute atomic E-state index is 0.00191. The minimum atomic E-state index is -4.17. The molecule has 39 heavy (non-hydrogen) atoms. The van der Waals surface area contributed by atoms with Crippen molar-refractivity contribution >= 4 is 33.3 Å². The summed E-state index contributed by atoms with van der Waals surface area (Å²) >= 11 is 0. The molecule has 6 rings (SSSR count). The fraction of sp³-hybridized carbons (Fsp3) is 0.133. The standard InChI is InChI=1S/C30H24N2O6S/c1-20-16-18-21(19-17-20)31-29(33)26-27(32(37-28(26)30(31)34)22-10-4-2-5-11-22)24-14-8-9-15-25(24)38-39(35,36)23-12-6-3-7-13-23/h2-19,26-28H,1H3/t26-,27+,28+/m0/s1. The SMILES string of the molecule is Cc1ccc(N2C(=O)[C@H]3[C@@H](c4ccccc4OS(=O)(=O)c4ccccc4)N(c4ccccc4)O[C@H]3C2=O)cc1. The maximum atomic E-state index is 13.9. The van der Waals surface area contributed by atoms with Crippen molar-refractivity contribution in [1.82, 2.24) is 0 Å². The summed E-state index contributed by atoms with van der Waals surface area (Å²) in [7, 11) is -4.17. The van der Waals surface area contributed by atoms with Crippen molar-refractivity contribution < 1.29 is 27.0 Å². The molecule has 2 heterocycles. The summed E-state index contributed by atoms with van der Waals surface area (Å²) < 4.78 is 31.9. The molecule has 196 valence electrons. The zero-order chi connectivity index (χ0) is 27.1. The van der Waals surface area contributed by atoms with Crippen LogP contribution in [0.3, 0.4) is 0 Å². The monoisotopic (exact) mass is 540 g/mol. The molecule has 0 aromatic heterocycles. The summed E-state index contributed by atoms with van der Waals surface area (Å²) in [4.78, 5) is 34.8. The van der Waals surface area contributed by atoms with Crippen LogP contribution in [0, 0.1) is 12.8 Å². The molecule has 0 saturated carbocycles. The maximum absolute atomic E-state index is 13.9. The molecule has 4 aromatic rings. The first-order valence-electron chi connectivity index (χ1n) is 12.4. The Balaban J connectivity index is 1.44. The molecule has 0 unspecified atom stereocenters. The number of hydroxylamine groups is 1. The molecule has 8 nitrogen and oxygen atoms in total. The van der Waals surface area contributed by atoms with Gasteiger partial charge in [0.15, 0.2) is 6.10 Å². The minimum Gasteiger partial charge on any atom is -0.379 e. The summed E-state index contributed by atoms with van der Waals surface area (Å²) in [6, 6.07) is 29.7. The smallest absolute Gasteiger partial charge is 0.339 e. The Hall–Kier alpha value is -4.47. The number of fused-ring (bicyclic) bond motifs is 1. The van der Waals surface area contributed by atoms with Gasteiger partial charge < -0.3 is 4.18 Å². The van der Waals surface area contributed by atoms with Gasteiger partial charge in [0.2, 0.25) is 5.91 Å². The fourth-order valence-corrected chi connectivity index (χ4v) is 6.01. The lowest BCUT2D eigenvalue weighted by Gasteiger charge is -2.29. The van der Waals surface area contributed by atoms with Gasteiger partial charge in [0.25, 0.3) is 5.91 Å². The predicted octanol–water partition coefficient (Wildman–Crippen LogP) is 4.81. The highest BCUT2D eigenvalue weighted by atomic mass is 32.2. The van der Waals surface area contributed by atoms with E-state index >= 15 is 0 Å². The Morgan fingerprint density at radius 2 is 1.33 bits per heavy atom. The van der Waals surface area contributed by atoms with Crippen molar-refractivity contribution in [3.8, 4) is 5.75 Å². The van der Waals surface area contributed by atoms with Crippen LogP contribution >= 0.6 is 0 Å². The predicted molar refractivity (Wildman–Crippen MR) is 144 cm³/mol. The Labute approximate surface area is 226 Å². The number of rotatable bonds is 6. The van der Waals surface area contributed by atoms with Gasteiger partial charge in [-0.15, -0.1) is 0 Å². The number of anilines is 2. The van der Waals surface area contributed by atoms with Crippen LogP contribution in [0.4, 0.5) is 11.4 Å². The molecule has 0 radical (unpaired) electrons. The van der Waals surface area contributed by atoms with Gasteiger partial charge >= 0.3 is 10.1 Å². The van der Waals surface area contributed by atoms with Gasteiger partial charge in [0.05, 0.1) is 17.4 Å². The van der Waals surface area contributed by atoms with E-state index in [9.17, 15) is 18.0 Å². The van der Waals surface area contributed by atoms with E-state index in [2.05, 4.69) is 0 Å². The average molecular weight is 541 g/mol. The quantitative estimate of drug-likeness (QED) is 0.256. The molecule has 0 bridgehead atoms. The molecule has 4 aromatic carbocycles. The molecule has 2 fully saturated rings. The maximum Gasteiger partial charge on any atom is 0.339 e. The molecule has 2 amide bonds. The van der Waals surface area contributed by atoms with Crippen LogP contribution in [0.25, 0.3) is 0 Å². The normalized spacial score (nSPS) is 20.8. The third-order valence-corrected chi connectivity index (χ3v) is 8.14. The highest BCUT2D eigenvalue weighted by Gasteiger charge is 2.60. The number of hydrogen-bond acceptors (Lipinski definition) is 7. The van der Waals surface area contributed by atoms with Crippen LogP contribution in [-0.4, -0.2) is 26.3 Å². The number of para-hydroxylation sites is 2. The second-order valence-corrected chi connectivity index (χ2v) is 10.9. The van der Waals surface area contributed by atoms with Crippen molar-refractivity contribution in [1.29, 1.82) is 0 Å². The molecule has 2 saturated heterocycles. The number of benzene rings is 4. The lowest BCUT2D eigenvalue weighted by Crippen LogP contribution is -2.37. The summed E-state index contributed by atoms with van der Waals surface area (Å²) in [5.74, 6) is -1.81. The van der Waals surface area contributed by atoms with Crippen LogP contribution < -0.4 is 14.1 Å². The van der Waals surface area contributed by atoms with Gasteiger partial charge in [0, 0.05) is 5.56 Å². The van der Waals surface area contributed by atoms with Crippen LogP contribution in [0.2, 0.25) is 0 Å². The highest BCUT2D eigenvalue weighted by molar-refractivity contribution is 7.87. The Bertz CT molecular complexity index is 1640. The number of carbonyl (C=O) groups excluding carboxylic acids is 2. The Morgan fingerprint density at radius 1 is 0.718 bits per heavy atom. The molecule has 0 spiro atoms. The molecular weight excluding hydrogens is 516 g/mol. The van der Waals surface area contributed by atoms with E-state index in [1.165, 1.54) is 23.3 Å². The van der Waals surface area contributed by atoms with Crippen molar-refractivity contribution in [2.75, 3.05) is 9.96 Å². The largest absolute Gasteiger partial charge is 0.379 e. The number of carbonyl (C=O) groups is 2. The summed E-state index contributed by atoms with van der Waals surface area (Å²) in [5, 5.41) is 1.51. The summed E-state index contributed by atoms with van der Waals surface area (Å²) in [6.45, 7) is 1.92.